The van der Waals surface area contributed by atoms with Crippen molar-refractivity contribution in [2.24, 2.45) is 0 Å². The Bertz CT molecular complexity index is 252. The summed E-state index contributed by atoms with van der Waals surface area (Å²) >= 11 is 0. The maximum Gasteiger partial charge on any atom is 0.469 e. The van der Waals surface area contributed by atoms with Gasteiger partial charge in [0, 0.05) is 0 Å². The molecular weight excluding hydrogens is 231 g/mol. The molecule has 0 spiro atoms. The van der Waals surface area contributed by atoms with Crippen LogP contribution in [0.5, 0.6) is 0 Å². The second-order valence-corrected chi connectivity index (χ2v) is 4.23. The molecule has 1 saturated heterocycles. The van der Waals surface area contributed by atoms with E-state index in [4.69, 9.17) is 20.0 Å². The van der Waals surface area contributed by atoms with Crippen LogP contribution in [0.25, 0.3) is 0 Å². The zero-order valence-corrected chi connectivity index (χ0v) is 8.32. The monoisotopic (exact) mass is 242 g/mol. The first-order valence-electron chi connectivity index (χ1n) is 3.97. The van der Waals surface area contributed by atoms with E-state index < -0.39 is 38.8 Å². The number of phosphoric ester groups is 1. The number of aliphatic hydroxyl groups excluding tert-OH is 3. The van der Waals surface area contributed by atoms with Crippen LogP contribution in [0.3, 0.4) is 0 Å². The molecule has 1 rings (SSSR count). The van der Waals surface area contributed by atoms with E-state index in [9.17, 15) is 9.67 Å². The van der Waals surface area contributed by atoms with Gasteiger partial charge in [-0.25, -0.2) is 4.57 Å². The Balaban J connectivity index is 2.46. The van der Waals surface area contributed by atoms with E-state index in [1.54, 1.807) is 0 Å². The Hall–Kier alpha value is -0.0500. The molecule has 15 heavy (non-hydrogen) atoms. The lowest BCUT2D eigenvalue weighted by atomic mass is 10.0. The molecule has 8 nitrogen and oxygen atoms in total. The summed E-state index contributed by atoms with van der Waals surface area (Å²) in [6.45, 7) is 1.34. The van der Waals surface area contributed by atoms with Crippen LogP contribution in [-0.4, -0.2) is 56.1 Å². The summed E-state index contributed by atoms with van der Waals surface area (Å²) in [6, 6.07) is 0. The molecule has 88 valence electrons. The van der Waals surface area contributed by atoms with Crippen LogP contribution in [0.1, 0.15) is 0 Å². The first kappa shape index (κ1) is 13.0. The molecule has 0 amide bonds. The molecule has 1 aliphatic rings. The molecule has 4 unspecified atom stereocenters. The normalized spacial score (nSPS) is 37.9. The molecule has 0 aliphatic carbocycles. The first-order chi connectivity index (χ1) is 6.81. The molecule has 1 aliphatic heterocycles. The summed E-state index contributed by atoms with van der Waals surface area (Å²) < 4.78 is 19.0. The van der Waals surface area contributed by atoms with Crippen LogP contribution in [0.2, 0.25) is 0 Å². The van der Waals surface area contributed by atoms with Gasteiger partial charge in [-0.05, 0) is 0 Å². The van der Waals surface area contributed by atoms with Gasteiger partial charge in [-0.3, -0.25) is 4.52 Å². The molecule has 0 aromatic carbocycles. The maximum atomic E-state index is 10.3. The van der Waals surface area contributed by atoms with E-state index in [1.807, 2.05) is 6.61 Å². The van der Waals surface area contributed by atoms with E-state index in [1.165, 1.54) is 0 Å². The van der Waals surface area contributed by atoms with Crippen molar-refractivity contribution in [2.75, 3.05) is 6.61 Å². The molecular formula is C6H11O8P. The van der Waals surface area contributed by atoms with Gasteiger partial charge in [0.2, 0.25) is 0 Å². The second-order valence-electron chi connectivity index (χ2n) is 2.99. The van der Waals surface area contributed by atoms with Crippen molar-refractivity contribution in [1.29, 1.82) is 0 Å². The van der Waals surface area contributed by atoms with E-state index in [0.717, 1.165) is 0 Å². The highest BCUT2D eigenvalue weighted by atomic mass is 31.2. The highest BCUT2D eigenvalue weighted by Crippen LogP contribution is 2.36. The minimum Gasteiger partial charge on any atom is -0.388 e. The van der Waals surface area contributed by atoms with Gasteiger partial charge in [-0.15, -0.1) is 0 Å². The Kier molecular flexibility index (Phi) is 4.21. The fourth-order valence-electron chi connectivity index (χ4n) is 1.01. The summed E-state index contributed by atoms with van der Waals surface area (Å²) in [4.78, 5) is 16.7. The van der Waals surface area contributed by atoms with Crippen LogP contribution in [0.4, 0.5) is 0 Å². The van der Waals surface area contributed by atoms with Crippen LogP contribution >= 0.6 is 7.82 Å². The van der Waals surface area contributed by atoms with Crippen LogP contribution in [0, 0.1) is 6.61 Å². The third-order valence-electron chi connectivity index (χ3n) is 1.80. The minimum atomic E-state index is -4.66. The Labute approximate surface area is 85.3 Å². The molecule has 0 bridgehead atoms. The smallest absolute Gasteiger partial charge is 0.388 e. The van der Waals surface area contributed by atoms with Crippen molar-refractivity contribution in [3.8, 4) is 0 Å². The highest BCUT2D eigenvalue weighted by molar-refractivity contribution is 7.46. The van der Waals surface area contributed by atoms with Crippen molar-refractivity contribution < 1.29 is 38.9 Å². The predicted octanol–water partition coefficient (Wildman–Crippen LogP) is -2.38. The van der Waals surface area contributed by atoms with Gasteiger partial charge in [0.05, 0.1) is 6.61 Å². The molecule has 1 heterocycles. The second kappa shape index (κ2) is 4.86. The van der Waals surface area contributed by atoms with Crippen molar-refractivity contribution in [1.82, 2.24) is 0 Å². The molecule has 9 heteroatoms. The minimum absolute atomic E-state index is 0.623. The fourth-order valence-corrected chi connectivity index (χ4v) is 1.35. The summed E-state index contributed by atoms with van der Waals surface area (Å²) in [6.07, 6.45) is -5.68. The molecule has 1 fully saturated rings. The fraction of sp³-hybridized carbons (Fsp3) is 0.833. The Morgan fingerprint density at radius 1 is 1.27 bits per heavy atom. The Morgan fingerprint density at radius 2 is 1.87 bits per heavy atom. The SMILES string of the molecule is O=P(O)(O)OCC1O[C]C(O)C(O)C1O. The van der Waals surface area contributed by atoms with E-state index in [2.05, 4.69) is 9.26 Å². The van der Waals surface area contributed by atoms with Crippen molar-refractivity contribution in [3.63, 3.8) is 0 Å². The average molecular weight is 242 g/mol. The van der Waals surface area contributed by atoms with Gasteiger partial charge in [0.15, 0.2) is 6.61 Å². The molecule has 2 radical (unpaired) electrons. The van der Waals surface area contributed by atoms with Gasteiger partial charge < -0.3 is 29.8 Å². The highest BCUT2D eigenvalue weighted by Gasteiger charge is 2.39. The number of rotatable bonds is 3. The first-order valence-corrected chi connectivity index (χ1v) is 5.50. The van der Waals surface area contributed by atoms with Gasteiger partial charge in [-0.2, -0.15) is 0 Å². The number of hydrogen-bond donors (Lipinski definition) is 5. The molecule has 0 saturated carbocycles. The van der Waals surface area contributed by atoms with Crippen molar-refractivity contribution in [3.05, 3.63) is 6.61 Å². The molecule has 5 N–H and O–H groups in total. The zero-order chi connectivity index (χ0) is 11.6. The third kappa shape index (κ3) is 3.78. The molecule has 4 atom stereocenters. The molecule has 0 aromatic heterocycles. The summed E-state index contributed by atoms with van der Waals surface area (Å²) in [7, 11) is -4.66. The summed E-state index contributed by atoms with van der Waals surface area (Å²) in [5.74, 6) is 0. The lowest BCUT2D eigenvalue weighted by molar-refractivity contribution is -0.168. The van der Waals surface area contributed by atoms with Gasteiger partial charge in [0.1, 0.15) is 24.4 Å². The Morgan fingerprint density at radius 3 is 2.40 bits per heavy atom. The number of hydrogen-bond acceptors (Lipinski definition) is 6. The van der Waals surface area contributed by atoms with Crippen molar-refractivity contribution in [2.45, 2.75) is 24.4 Å². The topological polar surface area (TPSA) is 137 Å². The zero-order valence-electron chi connectivity index (χ0n) is 7.42. The largest absolute Gasteiger partial charge is 0.469 e. The van der Waals surface area contributed by atoms with Crippen LogP contribution in [-0.2, 0) is 13.8 Å². The lowest BCUT2D eigenvalue weighted by Crippen LogP contribution is -2.52. The lowest BCUT2D eigenvalue weighted by Gasteiger charge is -2.33. The molecule has 0 aromatic rings. The van der Waals surface area contributed by atoms with E-state index in [-0.39, 0.29) is 0 Å². The number of ether oxygens (including phenoxy) is 1. The number of phosphoric acid groups is 1. The number of aliphatic hydroxyl groups is 3. The van der Waals surface area contributed by atoms with Gasteiger partial charge in [-0.1, -0.05) is 0 Å². The van der Waals surface area contributed by atoms with Crippen LogP contribution < -0.4 is 0 Å². The quantitative estimate of drug-likeness (QED) is 0.346. The van der Waals surface area contributed by atoms with Crippen molar-refractivity contribution >= 4 is 7.82 Å². The third-order valence-corrected chi connectivity index (χ3v) is 2.29. The van der Waals surface area contributed by atoms with Gasteiger partial charge >= 0.3 is 7.82 Å². The van der Waals surface area contributed by atoms with Crippen LogP contribution in [0.15, 0.2) is 0 Å². The van der Waals surface area contributed by atoms with Gasteiger partial charge in [0.25, 0.3) is 0 Å². The van der Waals surface area contributed by atoms with E-state index >= 15 is 0 Å². The van der Waals surface area contributed by atoms with E-state index in [0.29, 0.717) is 0 Å². The standard InChI is InChI=1S/C6H11O8P/c7-3-1-13-4(6(9)5(3)8)2-14-15(10,11)12/h3-9H,2H2,(H2,10,11,12). The summed E-state index contributed by atoms with van der Waals surface area (Å²) in [5, 5.41) is 27.4. The summed E-state index contributed by atoms with van der Waals surface area (Å²) in [5.41, 5.74) is 0. The predicted molar refractivity (Wildman–Crippen MR) is 44.1 cm³/mol. The maximum absolute atomic E-state index is 10.3. The average Bonchev–Trinajstić information content (AvgIpc) is 2.12.